The van der Waals surface area contributed by atoms with E-state index in [0.29, 0.717) is 32.1 Å². The smallest absolute Gasteiger partial charge is 0.231 e. The van der Waals surface area contributed by atoms with Crippen LogP contribution < -0.4 is 20.1 Å². The molecule has 2 aromatic rings. The zero-order valence-electron chi connectivity index (χ0n) is 19.0. The van der Waals surface area contributed by atoms with Gasteiger partial charge in [-0.25, -0.2) is 0 Å². The number of nitrogens with zero attached hydrogens (tertiary/aromatic N) is 2. The number of hydrogen-bond acceptors (Lipinski definition) is 5. The Kier molecular flexibility index (Phi) is 9.01. The van der Waals surface area contributed by atoms with Gasteiger partial charge in [0.1, 0.15) is 0 Å². The van der Waals surface area contributed by atoms with Gasteiger partial charge in [-0.3, -0.25) is 9.89 Å². The van der Waals surface area contributed by atoms with Crippen LogP contribution in [0.15, 0.2) is 47.5 Å². The van der Waals surface area contributed by atoms with Crippen LogP contribution in [-0.2, 0) is 24.4 Å². The van der Waals surface area contributed by atoms with E-state index in [2.05, 4.69) is 58.6 Å². The number of nitrogens with one attached hydrogen (secondary N) is 2. The molecular weight excluding hydrogens is 519 g/mol. The maximum atomic E-state index is 5.83. The summed E-state index contributed by atoms with van der Waals surface area (Å²) in [6.45, 7) is 8.88. The summed E-state index contributed by atoms with van der Waals surface area (Å²) in [6, 6.07) is 14.8. The minimum absolute atomic E-state index is 0. The Morgan fingerprint density at radius 1 is 0.906 bits per heavy atom. The van der Waals surface area contributed by atoms with Crippen molar-refractivity contribution in [1.82, 2.24) is 15.5 Å². The van der Waals surface area contributed by atoms with Gasteiger partial charge >= 0.3 is 0 Å². The van der Waals surface area contributed by atoms with Crippen molar-refractivity contribution < 1.29 is 14.2 Å². The Morgan fingerprint density at radius 3 is 2.19 bits per heavy atom. The minimum Gasteiger partial charge on any atom is -0.454 e. The van der Waals surface area contributed by atoms with Gasteiger partial charge in [-0.15, -0.1) is 24.0 Å². The van der Waals surface area contributed by atoms with Crippen molar-refractivity contribution in [1.29, 1.82) is 0 Å². The summed E-state index contributed by atoms with van der Waals surface area (Å²) in [7, 11) is 1.78. The van der Waals surface area contributed by atoms with E-state index in [0.717, 1.165) is 42.7 Å². The van der Waals surface area contributed by atoms with Gasteiger partial charge in [0.25, 0.3) is 0 Å². The molecule has 0 aliphatic carbocycles. The number of halogens is 1. The van der Waals surface area contributed by atoms with Crippen molar-refractivity contribution in [2.75, 3.05) is 26.9 Å². The van der Waals surface area contributed by atoms with Gasteiger partial charge in [0.05, 0.1) is 12.2 Å². The summed E-state index contributed by atoms with van der Waals surface area (Å²) in [5.41, 5.74) is 3.66. The Morgan fingerprint density at radius 2 is 1.50 bits per heavy atom. The monoisotopic (exact) mass is 552 g/mol. The molecule has 2 N–H and O–H groups in total. The minimum atomic E-state index is 0. The van der Waals surface area contributed by atoms with E-state index in [9.17, 15) is 0 Å². The van der Waals surface area contributed by atoms with Crippen LogP contribution in [0.1, 0.15) is 30.5 Å². The maximum Gasteiger partial charge on any atom is 0.231 e. The highest BCUT2D eigenvalue weighted by atomic mass is 127. The molecule has 0 radical (unpaired) electrons. The van der Waals surface area contributed by atoms with Crippen LogP contribution in [0.3, 0.4) is 0 Å². The highest BCUT2D eigenvalue weighted by Crippen LogP contribution is 2.32. The van der Waals surface area contributed by atoms with Crippen LogP contribution in [0.2, 0.25) is 0 Å². The topological polar surface area (TPSA) is 67.4 Å². The standard InChI is InChI=1S/C24H32N4O3.HI/c1-17-13-28(14-18(2)31-17)15-20-6-4-19(5-7-20)11-26-24(25-3)27-12-21-8-9-22-23(10-21)30-16-29-22;/h4-10,17-18H,11-16H2,1-3H3,(H2,25,26,27);1H. The fourth-order valence-electron chi connectivity index (χ4n) is 4.08. The first-order valence-corrected chi connectivity index (χ1v) is 10.9. The van der Waals surface area contributed by atoms with Crippen LogP contribution in [0.5, 0.6) is 11.5 Å². The summed E-state index contributed by atoms with van der Waals surface area (Å²) >= 11 is 0. The second kappa shape index (κ2) is 11.7. The number of guanidine groups is 1. The van der Waals surface area contributed by atoms with Gasteiger partial charge in [0, 0.05) is 39.8 Å². The molecule has 0 amide bonds. The van der Waals surface area contributed by atoms with E-state index in [1.807, 2.05) is 18.2 Å². The molecule has 2 unspecified atom stereocenters. The molecule has 2 heterocycles. The third-order valence-corrected chi connectivity index (χ3v) is 5.50. The average Bonchev–Trinajstić information content (AvgIpc) is 3.22. The van der Waals surface area contributed by atoms with Gasteiger partial charge in [-0.1, -0.05) is 30.3 Å². The summed E-state index contributed by atoms with van der Waals surface area (Å²) in [5, 5.41) is 6.72. The van der Waals surface area contributed by atoms with Gasteiger partial charge in [-0.05, 0) is 42.7 Å². The Balaban J connectivity index is 0.00000289. The van der Waals surface area contributed by atoms with Crippen molar-refractivity contribution in [2.24, 2.45) is 4.99 Å². The lowest BCUT2D eigenvalue weighted by Crippen LogP contribution is -2.44. The second-order valence-electron chi connectivity index (χ2n) is 8.23. The fourth-order valence-corrected chi connectivity index (χ4v) is 4.08. The lowest BCUT2D eigenvalue weighted by Gasteiger charge is -2.35. The molecule has 174 valence electrons. The van der Waals surface area contributed by atoms with Crippen molar-refractivity contribution >= 4 is 29.9 Å². The number of benzene rings is 2. The van der Waals surface area contributed by atoms with Crippen LogP contribution in [0.25, 0.3) is 0 Å². The fraction of sp³-hybridized carbons (Fsp3) is 0.458. The van der Waals surface area contributed by atoms with Gasteiger partial charge in [-0.2, -0.15) is 0 Å². The van der Waals surface area contributed by atoms with Crippen molar-refractivity contribution in [3.05, 3.63) is 59.2 Å². The molecule has 8 heteroatoms. The lowest BCUT2D eigenvalue weighted by atomic mass is 10.1. The van der Waals surface area contributed by atoms with E-state index in [-0.39, 0.29) is 24.0 Å². The van der Waals surface area contributed by atoms with Gasteiger partial charge in [0.2, 0.25) is 6.79 Å². The molecule has 0 aromatic heterocycles. The molecule has 0 spiro atoms. The summed E-state index contributed by atoms with van der Waals surface area (Å²) < 4.78 is 16.6. The average molecular weight is 552 g/mol. The first-order chi connectivity index (χ1) is 15.1. The predicted molar refractivity (Wildman–Crippen MR) is 137 cm³/mol. The number of hydrogen-bond donors (Lipinski definition) is 2. The normalized spacial score (nSPS) is 20.5. The number of fused-ring (bicyclic) bond motifs is 1. The number of rotatable bonds is 6. The molecule has 2 aliphatic heterocycles. The first-order valence-electron chi connectivity index (χ1n) is 10.9. The van der Waals surface area contributed by atoms with E-state index < -0.39 is 0 Å². The SMILES string of the molecule is CN=C(NCc1ccc(CN2CC(C)OC(C)C2)cc1)NCc1ccc2c(c1)OCO2.I. The molecule has 1 saturated heterocycles. The van der Waals surface area contributed by atoms with Crippen LogP contribution in [-0.4, -0.2) is 50.0 Å². The largest absolute Gasteiger partial charge is 0.454 e. The lowest BCUT2D eigenvalue weighted by molar-refractivity contribution is -0.0704. The summed E-state index contributed by atoms with van der Waals surface area (Å²) in [6.07, 6.45) is 0.591. The third kappa shape index (κ3) is 6.73. The zero-order valence-corrected chi connectivity index (χ0v) is 21.3. The highest BCUT2D eigenvalue weighted by molar-refractivity contribution is 14.0. The van der Waals surface area contributed by atoms with Crippen LogP contribution in [0.4, 0.5) is 0 Å². The second-order valence-corrected chi connectivity index (χ2v) is 8.23. The van der Waals surface area contributed by atoms with Crippen molar-refractivity contribution in [3.63, 3.8) is 0 Å². The molecule has 1 fully saturated rings. The molecule has 2 aromatic carbocycles. The van der Waals surface area contributed by atoms with E-state index >= 15 is 0 Å². The molecule has 2 aliphatic rings. The predicted octanol–water partition coefficient (Wildman–Crippen LogP) is 3.51. The number of aliphatic imine (C=N–C) groups is 1. The molecule has 4 rings (SSSR count). The molecule has 32 heavy (non-hydrogen) atoms. The third-order valence-electron chi connectivity index (χ3n) is 5.50. The zero-order chi connectivity index (χ0) is 21.6. The van der Waals surface area contributed by atoms with Gasteiger partial charge < -0.3 is 24.8 Å². The van der Waals surface area contributed by atoms with Gasteiger partial charge in [0.15, 0.2) is 17.5 Å². The number of morpholine rings is 1. The summed E-state index contributed by atoms with van der Waals surface area (Å²) in [4.78, 5) is 6.79. The Bertz CT molecular complexity index is 897. The maximum absolute atomic E-state index is 5.83. The molecule has 0 bridgehead atoms. The Labute approximate surface area is 207 Å². The number of ether oxygens (including phenoxy) is 3. The highest BCUT2D eigenvalue weighted by Gasteiger charge is 2.22. The quantitative estimate of drug-likeness (QED) is 0.325. The van der Waals surface area contributed by atoms with Crippen LogP contribution in [0, 0.1) is 0 Å². The Hall–Kier alpha value is -2.04. The van der Waals surface area contributed by atoms with Crippen LogP contribution >= 0.6 is 24.0 Å². The van der Waals surface area contributed by atoms with E-state index in [4.69, 9.17) is 14.2 Å². The molecular formula is C24H33IN4O3. The van der Waals surface area contributed by atoms with E-state index in [1.54, 1.807) is 7.05 Å². The van der Waals surface area contributed by atoms with Crippen molar-refractivity contribution in [2.45, 2.75) is 45.7 Å². The van der Waals surface area contributed by atoms with E-state index in [1.165, 1.54) is 11.1 Å². The molecule has 2 atom stereocenters. The molecule has 7 nitrogen and oxygen atoms in total. The first kappa shape index (κ1) is 24.6. The molecule has 0 saturated carbocycles. The summed E-state index contributed by atoms with van der Waals surface area (Å²) in [5.74, 6) is 2.36. The van der Waals surface area contributed by atoms with Crippen molar-refractivity contribution in [3.8, 4) is 11.5 Å².